The van der Waals surface area contributed by atoms with Crippen LogP contribution in [0.15, 0.2) is 24.7 Å². The first kappa shape index (κ1) is 13.7. The molecule has 2 aromatic rings. The quantitative estimate of drug-likeness (QED) is 0.797. The number of nitrogens with one attached hydrogen (secondary N) is 2. The Balaban J connectivity index is 1.51. The van der Waals surface area contributed by atoms with Crippen LogP contribution in [0.3, 0.4) is 0 Å². The van der Waals surface area contributed by atoms with Gasteiger partial charge < -0.3 is 10.6 Å². The second-order valence-corrected chi connectivity index (χ2v) is 5.09. The van der Waals surface area contributed by atoms with Crippen LogP contribution in [-0.2, 0) is 6.54 Å². The third kappa shape index (κ3) is 3.46. The molecule has 0 spiro atoms. The van der Waals surface area contributed by atoms with Crippen molar-refractivity contribution in [1.29, 1.82) is 0 Å². The van der Waals surface area contributed by atoms with Crippen LogP contribution in [0.2, 0.25) is 0 Å². The number of amides is 1. The summed E-state index contributed by atoms with van der Waals surface area (Å²) in [7, 11) is 0. The van der Waals surface area contributed by atoms with Crippen LogP contribution in [-0.4, -0.2) is 50.3 Å². The molecule has 1 fully saturated rings. The van der Waals surface area contributed by atoms with Crippen LogP contribution in [0.4, 0.5) is 0 Å². The van der Waals surface area contributed by atoms with E-state index in [0.29, 0.717) is 24.8 Å². The SMILES string of the molecule is O=C(NCCn1cccn1)c1cn(C2CCNCC2)nn1. The molecule has 3 heterocycles. The molecule has 3 rings (SSSR count). The molecular formula is C13H19N7O. The molecule has 112 valence electrons. The molecule has 0 aliphatic carbocycles. The zero-order valence-corrected chi connectivity index (χ0v) is 11.8. The summed E-state index contributed by atoms with van der Waals surface area (Å²) in [4.78, 5) is 12.0. The van der Waals surface area contributed by atoms with E-state index in [4.69, 9.17) is 0 Å². The van der Waals surface area contributed by atoms with Gasteiger partial charge in [-0.2, -0.15) is 5.10 Å². The average Bonchev–Trinajstić information content (AvgIpc) is 3.20. The highest BCUT2D eigenvalue weighted by molar-refractivity contribution is 5.91. The Morgan fingerprint density at radius 3 is 3.05 bits per heavy atom. The summed E-state index contributed by atoms with van der Waals surface area (Å²) in [6.07, 6.45) is 7.35. The Morgan fingerprint density at radius 2 is 2.29 bits per heavy atom. The van der Waals surface area contributed by atoms with E-state index in [2.05, 4.69) is 26.0 Å². The van der Waals surface area contributed by atoms with Gasteiger partial charge in [0, 0.05) is 18.9 Å². The van der Waals surface area contributed by atoms with Gasteiger partial charge >= 0.3 is 0 Å². The first-order chi connectivity index (χ1) is 10.3. The fourth-order valence-electron chi connectivity index (χ4n) is 2.44. The Kier molecular flexibility index (Phi) is 4.25. The fraction of sp³-hybridized carbons (Fsp3) is 0.538. The van der Waals surface area contributed by atoms with E-state index in [1.54, 1.807) is 17.1 Å². The normalized spacial score (nSPS) is 16.0. The maximum atomic E-state index is 12.0. The molecule has 0 unspecified atom stereocenters. The maximum Gasteiger partial charge on any atom is 0.273 e. The highest BCUT2D eigenvalue weighted by Crippen LogP contribution is 2.16. The molecule has 2 N–H and O–H groups in total. The van der Waals surface area contributed by atoms with E-state index >= 15 is 0 Å². The van der Waals surface area contributed by atoms with Crippen LogP contribution >= 0.6 is 0 Å². The first-order valence-corrected chi connectivity index (χ1v) is 7.21. The summed E-state index contributed by atoms with van der Waals surface area (Å²) in [5.74, 6) is -0.192. The zero-order valence-electron chi connectivity index (χ0n) is 11.8. The third-order valence-electron chi connectivity index (χ3n) is 3.61. The van der Waals surface area contributed by atoms with Gasteiger partial charge in [0.1, 0.15) is 0 Å². The van der Waals surface area contributed by atoms with Gasteiger partial charge in [0.05, 0.1) is 18.8 Å². The highest BCUT2D eigenvalue weighted by Gasteiger charge is 2.18. The average molecular weight is 289 g/mol. The number of carbonyl (C=O) groups is 1. The molecule has 1 aliphatic heterocycles. The minimum atomic E-state index is -0.192. The van der Waals surface area contributed by atoms with Crippen molar-refractivity contribution in [3.63, 3.8) is 0 Å². The van der Waals surface area contributed by atoms with Crippen LogP contribution < -0.4 is 10.6 Å². The smallest absolute Gasteiger partial charge is 0.273 e. The van der Waals surface area contributed by atoms with E-state index in [-0.39, 0.29) is 5.91 Å². The summed E-state index contributed by atoms with van der Waals surface area (Å²) in [5, 5.41) is 18.3. The highest BCUT2D eigenvalue weighted by atomic mass is 16.2. The standard InChI is InChI=1S/C13H19N7O/c21-13(15-7-9-19-8-1-4-16-19)12-10-20(18-17-12)11-2-5-14-6-3-11/h1,4,8,10-11,14H,2-3,5-7,9H2,(H,15,21). The van der Waals surface area contributed by atoms with E-state index in [1.807, 2.05) is 16.9 Å². The summed E-state index contributed by atoms with van der Waals surface area (Å²) in [5.41, 5.74) is 0.369. The van der Waals surface area contributed by atoms with Crippen LogP contribution in [0.25, 0.3) is 0 Å². The Morgan fingerprint density at radius 1 is 1.43 bits per heavy atom. The molecule has 0 aromatic carbocycles. The first-order valence-electron chi connectivity index (χ1n) is 7.21. The summed E-state index contributed by atoms with van der Waals surface area (Å²) >= 11 is 0. The van der Waals surface area contributed by atoms with Crippen molar-refractivity contribution in [2.45, 2.75) is 25.4 Å². The largest absolute Gasteiger partial charge is 0.349 e. The predicted octanol–water partition coefficient (Wildman–Crippen LogP) is -0.171. The topological polar surface area (TPSA) is 89.7 Å². The van der Waals surface area contributed by atoms with Crippen molar-refractivity contribution < 1.29 is 4.79 Å². The molecule has 1 saturated heterocycles. The Hall–Kier alpha value is -2.22. The number of hydrogen-bond donors (Lipinski definition) is 2. The molecular weight excluding hydrogens is 270 g/mol. The van der Waals surface area contributed by atoms with Gasteiger partial charge in [0.2, 0.25) is 0 Å². The van der Waals surface area contributed by atoms with Gasteiger partial charge in [-0.1, -0.05) is 5.21 Å². The van der Waals surface area contributed by atoms with E-state index < -0.39 is 0 Å². The lowest BCUT2D eigenvalue weighted by atomic mass is 10.1. The molecule has 8 nitrogen and oxygen atoms in total. The van der Waals surface area contributed by atoms with E-state index in [0.717, 1.165) is 25.9 Å². The minimum absolute atomic E-state index is 0.192. The monoisotopic (exact) mass is 289 g/mol. The minimum Gasteiger partial charge on any atom is -0.349 e. The molecule has 8 heteroatoms. The number of piperidine rings is 1. The van der Waals surface area contributed by atoms with E-state index in [9.17, 15) is 4.79 Å². The predicted molar refractivity (Wildman–Crippen MR) is 75.7 cm³/mol. The second-order valence-electron chi connectivity index (χ2n) is 5.09. The molecule has 2 aromatic heterocycles. The molecule has 0 radical (unpaired) electrons. The van der Waals surface area contributed by atoms with Crippen molar-refractivity contribution in [1.82, 2.24) is 35.4 Å². The Bertz CT molecular complexity index is 571. The summed E-state index contributed by atoms with van der Waals surface area (Å²) < 4.78 is 3.58. The molecule has 0 bridgehead atoms. The van der Waals surface area contributed by atoms with Gasteiger partial charge in [-0.3, -0.25) is 9.48 Å². The number of hydrogen-bond acceptors (Lipinski definition) is 5. The summed E-state index contributed by atoms with van der Waals surface area (Å²) in [6.45, 7) is 3.12. The van der Waals surface area contributed by atoms with Crippen molar-refractivity contribution in [3.05, 3.63) is 30.4 Å². The molecule has 0 saturated carbocycles. The van der Waals surface area contributed by atoms with Crippen LogP contribution in [0, 0.1) is 0 Å². The number of carbonyl (C=O) groups excluding carboxylic acids is 1. The molecule has 1 amide bonds. The Labute approximate surface area is 122 Å². The lowest BCUT2D eigenvalue weighted by Gasteiger charge is -2.22. The second kappa shape index (κ2) is 6.49. The van der Waals surface area contributed by atoms with Gasteiger partial charge in [-0.15, -0.1) is 5.10 Å². The van der Waals surface area contributed by atoms with Gasteiger partial charge in [-0.25, -0.2) is 4.68 Å². The van der Waals surface area contributed by atoms with Crippen molar-refractivity contribution in [3.8, 4) is 0 Å². The van der Waals surface area contributed by atoms with Gasteiger partial charge in [0.25, 0.3) is 5.91 Å². The zero-order chi connectivity index (χ0) is 14.5. The number of aromatic nitrogens is 5. The fourth-order valence-corrected chi connectivity index (χ4v) is 2.44. The number of rotatable bonds is 5. The van der Waals surface area contributed by atoms with E-state index in [1.165, 1.54) is 0 Å². The maximum absolute atomic E-state index is 12.0. The lowest BCUT2D eigenvalue weighted by molar-refractivity contribution is 0.0947. The van der Waals surface area contributed by atoms with Crippen molar-refractivity contribution in [2.75, 3.05) is 19.6 Å². The van der Waals surface area contributed by atoms with Crippen LogP contribution in [0.1, 0.15) is 29.4 Å². The summed E-state index contributed by atoms with van der Waals surface area (Å²) in [6, 6.07) is 2.19. The van der Waals surface area contributed by atoms with Gasteiger partial charge in [0.15, 0.2) is 5.69 Å². The molecule has 0 atom stereocenters. The lowest BCUT2D eigenvalue weighted by Crippen LogP contribution is -2.29. The molecule has 21 heavy (non-hydrogen) atoms. The van der Waals surface area contributed by atoms with Crippen molar-refractivity contribution in [2.24, 2.45) is 0 Å². The number of nitrogens with zero attached hydrogens (tertiary/aromatic N) is 5. The third-order valence-corrected chi connectivity index (χ3v) is 3.61. The van der Waals surface area contributed by atoms with Crippen LogP contribution in [0.5, 0.6) is 0 Å². The van der Waals surface area contributed by atoms with Gasteiger partial charge in [-0.05, 0) is 32.0 Å². The van der Waals surface area contributed by atoms with Crippen molar-refractivity contribution >= 4 is 5.91 Å². The molecule has 1 aliphatic rings.